The van der Waals surface area contributed by atoms with Gasteiger partial charge in [0.1, 0.15) is 11.5 Å². The average Bonchev–Trinajstić information content (AvgIpc) is 2.72. The molecule has 25 heavy (non-hydrogen) atoms. The van der Waals surface area contributed by atoms with Gasteiger partial charge in [0, 0.05) is 5.56 Å². The topological polar surface area (TPSA) is 72.9 Å². The zero-order chi connectivity index (χ0) is 18.0. The van der Waals surface area contributed by atoms with E-state index in [1.54, 1.807) is 55.5 Å². The average molecular weight is 339 g/mol. The van der Waals surface area contributed by atoms with E-state index in [0.717, 1.165) is 4.90 Å². The Balaban J connectivity index is 1.88. The number of ketones is 1. The molecule has 1 heterocycles. The second kappa shape index (κ2) is 6.76. The van der Waals surface area contributed by atoms with Crippen LogP contribution in [0.25, 0.3) is 0 Å². The number of amides is 2. The van der Waals surface area contributed by atoms with E-state index < -0.39 is 17.9 Å². The Morgan fingerprint density at radius 1 is 1.12 bits per heavy atom. The van der Waals surface area contributed by atoms with Crippen LogP contribution in [0.2, 0.25) is 0 Å². The van der Waals surface area contributed by atoms with Crippen molar-refractivity contribution in [2.24, 2.45) is 0 Å². The van der Waals surface area contributed by atoms with Crippen molar-refractivity contribution < 1.29 is 23.9 Å². The summed E-state index contributed by atoms with van der Waals surface area (Å²) in [5.74, 6) is -0.451. The summed E-state index contributed by atoms with van der Waals surface area (Å²) in [6.45, 7) is 1.22. The molecule has 6 nitrogen and oxygen atoms in total. The molecule has 3 rings (SSSR count). The summed E-state index contributed by atoms with van der Waals surface area (Å²) in [4.78, 5) is 38.7. The van der Waals surface area contributed by atoms with Crippen molar-refractivity contribution in [3.05, 3.63) is 59.7 Å². The van der Waals surface area contributed by atoms with Gasteiger partial charge in [0.2, 0.25) is 0 Å². The fourth-order valence-electron chi connectivity index (χ4n) is 2.61. The molecule has 2 amide bonds. The fourth-order valence-corrected chi connectivity index (χ4v) is 2.61. The Bertz CT molecular complexity index is 828. The third-order valence-corrected chi connectivity index (χ3v) is 3.99. The quantitative estimate of drug-likeness (QED) is 0.631. The molecule has 0 saturated heterocycles. The lowest BCUT2D eigenvalue weighted by Gasteiger charge is -2.19. The molecule has 0 unspecified atom stereocenters. The predicted octanol–water partition coefficient (Wildman–Crippen LogP) is 2.33. The normalized spacial score (nSPS) is 16.7. The van der Waals surface area contributed by atoms with Crippen LogP contribution in [0.3, 0.4) is 0 Å². The van der Waals surface area contributed by atoms with Gasteiger partial charge in [0.25, 0.3) is 11.8 Å². The minimum atomic E-state index is -0.851. The molecule has 0 saturated carbocycles. The smallest absolute Gasteiger partial charge is 0.270 e. The molecule has 0 spiro atoms. The number of hydrogen-bond donors (Lipinski definition) is 0. The summed E-state index contributed by atoms with van der Waals surface area (Å²) in [5.41, 5.74) is 0.662. The van der Waals surface area contributed by atoms with Crippen molar-refractivity contribution in [3.63, 3.8) is 0 Å². The van der Waals surface area contributed by atoms with Crippen LogP contribution in [0.4, 0.5) is 0 Å². The number of ether oxygens (including phenoxy) is 2. The van der Waals surface area contributed by atoms with Gasteiger partial charge in [-0.3, -0.25) is 19.3 Å². The maximum Gasteiger partial charge on any atom is 0.270 e. The largest absolute Gasteiger partial charge is 0.497 e. The first kappa shape index (κ1) is 16.7. The van der Waals surface area contributed by atoms with Crippen molar-refractivity contribution >= 4 is 17.6 Å². The van der Waals surface area contributed by atoms with Crippen LogP contribution < -0.4 is 9.47 Å². The maximum absolute atomic E-state index is 12.7. The Morgan fingerprint density at radius 2 is 1.80 bits per heavy atom. The van der Waals surface area contributed by atoms with Gasteiger partial charge in [-0.2, -0.15) is 0 Å². The van der Waals surface area contributed by atoms with Gasteiger partial charge in [-0.15, -0.1) is 0 Å². The molecule has 1 atom stereocenters. The molecule has 2 aromatic carbocycles. The van der Waals surface area contributed by atoms with Gasteiger partial charge >= 0.3 is 0 Å². The van der Waals surface area contributed by atoms with E-state index in [1.807, 2.05) is 0 Å². The van der Waals surface area contributed by atoms with E-state index in [4.69, 9.17) is 9.47 Å². The molecule has 6 heteroatoms. The van der Waals surface area contributed by atoms with Crippen LogP contribution in [0.15, 0.2) is 48.5 Å². The van der Waals surface area contributed by atoms with E-state index >= 15 is 0 Å². The summed E-state index contributed by atoms with van der Waals surface area (Å²) in [6.07, 6.45) is -0.851. The van der Waals surface area contributed by atoms with Crippen LogP contribution in [-0.4, -0.2) is 42.3 Å². The van der Waals surface area contributed by atoms with Crippen molar-refractivity contribution in [2.75, 3.05) is 13.7 Å². The molecular weight excluding hydrogens is 322 g/mol. The SMILES string of the molecule is COc1ccc(C(=O)CN2C(=O)c3ccccc3O[C@@H](C)C2=O)cc1. The zero-order valence-electron chi connectivity index (χ0n) is 13.9. The summed E-state index contributed by atoms with van der Waals surface area (Å²) < 4.78 is 10.6. The standard InChI is InChI=1S/C19H17NO5/c1-12-18(22)20(19(23)15-5-3-4-6-17(15)25-12)11-16(21)13-7-9-14(24-2)10-8-13/h3-10,12H,11H2,1-2H3/t12-/m0/s1. The van der Waals surface area contributed by atoms with Gasteiger partial charge < -0.3 is 9.47 Å². The lowest BCUT2D eigenvalue weighted by Crippen LogP contribution is -2.44. The highest BCUT2D eigenvalue weighted by atomic mass is 16.5. The van der Waals surface area contributed by atoms with Gasteiger partial charge in [0.15, 0.2) is 11.9 Å². The number of Topliss-reactive ketones (excluding diaryl/α,β-unsaturated/α-hetero) is 1. The number of carbonyl (C=O) groups is 3. The Labute approximate surface area is 145 Å². The highest BCUT2D eigenvalue weighted by molar-refractivity contribution is 6.12. The summed E-state index contributed by atoms with van der Waals surface area (Å²) >= 11 is 0. The van der Waals surface area contributed by atoms with Crippen LogP contribution in [-0.2, 0) is 4.79 Å². The molecular formula is C19H17NO5. The molecule has 2 aromatic rings. The summed E-state index contributed by atoms with van der Waals surface area (Å²) in [5, 5.41) is 0. The van der Waals surface area contributed by atoms with Crippen molar-refractivity contribution in [2.45, 2.75) is 13.0 Å². The first-order valence-corrected chi connectivity index (χ1v) is 7.80. The monoisotopic (exact) mass is 339 g/mol. The van der Waals surface area contributed by atoms with Crippen LogP contribution in [0, 0.1) is 0 Å². The molecule has 1 aliphatic rings. The molecule has 0 radical (unpaired) electrons. The second-order valence-electron chi connectivity index (χ2n) is 5.64. The Hall–Kier alpha value is -3.15. The number of methoxy groups -OCH3 is 1. The van der Waals surface area contributed by atoms with Crippen molar-refractivity contribution in [1.29, 1.82) is 0 Å². The molecule has 128 valence electrons. The highest BCUT2D eigenvalue weighted by Gasteiger charge is 2.35. The molecule has 0 fully saturated rings. The number of fused-ring (bicyclic) bond motifs is 1. The molecule has 0 bridgehead atoms. The van der Waals surface area contributed by atoms with E-state index in [2.05, 4.69) is 0 Å². The van der Waals surface area contributed by atoms with Gasteiger partial charge in [-0.05, 0) is 43.3 Å². The number of imide groups is 1. The van der Waals surface area contributed by atoms with Crippen molar-refractivity contribution in [1.82, 2.24) is 4.90 Å². The molecule has 1 aliphatic heterocycles. The zero-order valence-corrected chi connectivity index (χ0v) is 13.9. The highest BCUT2D eigenvalue weighted by Crippen LogP contribution is 2.25. The lowest BCUT2D eigenvalue weighted by molar-refractivity contribution is -0.134. The summed E-state index contributed by atoms with van der Waals surface area (Å²) in [6, 6.07) is 13.1. The van der Waals surface area contributed by atoms with Gasteiger partial charge in [-0.1, -0.05) is 12.1 Å². The predicted molar refractivity (Wildman–Crippen MR) is 89.9 cm³/mol. The van der Waals surface area contributed by atoms with Gasteiger partial charge in [0.05, 0.1) is 19.2 Å². The molecule has 0 aliphatic carbocycles. The van der Waals surface area contributed by atoms with Crippen LogP contribution >= 0.6 is 0 Å². The van der Waals surface area contributed by atoms with Gasteiger partial charge in [-0.25, -0.2) is 0 Å². The number of para-hydroxylation sites is 1. The van der Waals surface area contributed by atoms with E-state index in [9.17, 15) is 14.4 Å². The minimum Gasteiger partial charge on any atom is -0.497 e. The van der Waals surface area contributed by atoms with Crippen LogP contribution in [0.5, 0.6) is 11.5 Å². The van der Waals surface area contributed by atoms with Crippen LogP contribution in [0.1, 0.15) is 27.6 Å². The fraction of sp³-hybridized carbons (Fsp3) is 0.211. The first-order valence-electron chi connectivity index (χ1n) is 7.80. The maximum atomic E-state index is 12.7. The molecule has 0 N–H and O–H groups in total. The number of nitrogens with zero attached hydrogens (tertiary/aromatic N) is 1. The number of hydrogen-bond acceptors (Lipinski definition) is 5. The number of carbonyl (C=O) groups excluding carboxylic acids is 3. The number of benzene rings is 2. The van der Waals surface area contributed by atoms with Crippen molar-refractivity contribution in [3.8, 4) is 11.5 Å². The Morgan fingerprint density at radius 3 is 2.48 bits per heavy atom. The van der Waals surface area contributed by atoms with E-state index in [0.29, 0.717) is 17.1 Å². The lowest BCUT2D eigenvalue weighted by atomic mass is 10.1. The van der Waals surface area contributed by atoms with E-state index in [-0.39, 0.29) is 17.9 Å². The third kappa shape index (κ3) is 3.24. The molecule has 0 aromatic heterocycles. The third-order valence-electron chi connectivity index (χ3n) is 3.99. The minimum absolute atomic E-state index is 0.266. The first-order chi connectivity index (χ1) is 12.0. The summed E-state index contributed by atoms with van der Waals surface area (Å²) in [7, 11) is 1.53. The Kier molecular flexibility index (Phi) is 4.52. The second-order valence-corrected chi connectivity index (χ2v) is 5.64. The number of rotatable bonds is 4. The van der Waals surface area contributed by atoms with E-state index in [1.165, 1.54) is 7.11 Å².